The quantitative estimate of drug-likeness (QED) is 0.675. The Morgan fingerprint density at radius 2 is 1.78 bits per heavy atom. The van der Waals surface area contributed by atoms with Crippen molar-refractivity contribution < 1.29 is 0 Å². The number of alkyl halides is 1. The SMILES string of the molecule is CCC(C)C(C)(C)Br.N. The molecule has 0 heterocycles. The minimum atomic E-state index is 0. The van der Waals surface area contributed by atoms with Crippen LogP contribution in [-0.2, 0) is 0 Å². The van der Waals surface area contributed by atoms with Gasteiger partial charge in [-0.1, -0.05) is 36.2 Å². The Bertz CT molecular complexity index is 65.8. The highest BCUT2D eigenvalue weighted by Gasteiger charge is 2.19. The molecular formula is C7H18BrN. The molecule has 0 bridgehead atoms. The van der Waals surface area contributed by atoms with Gasteiger partial charge in [-0.25, -0.2) is 0 Å². The molecule has 0 radical (unpaired) electrons. The Morgan fingerprint density at radius 1 is 1.44 bits per heavy atom. The number of hydrogen-bond donors (Lipinski definition) is 1. The molecule has 0 aliphatic carbocycles. The maximum absolute atomic E-state index is 3.60. The minimum absolute atomic E-state index is 0. The van der Waals surface area contributed by atoms with Crippen molar-refractivity contribution in [1.29, 1.82) is 0 Å². The van der Waals surface area contributed by atoms with Crippen molar-refractivity contribution >= 4 is 15.9 Å². The van der Waals surface area contributed by atoms with E-state index in [9.17, 15) is 0 Å². The normalized spacial score (nSPS) is 14.3. The summed E-state index contributed by atoms with van der Waals surface area (Å²) in [5.41, 5.74) is 0. The molecule has 0 saturated carbocycles. The summed E-state index contributed by atoms with van der Waals surface area (Å²) < 4.78 is 0.321. The number of halogens is 1. The third kappa shape index (κ3) is 4.91. The lowest BCUT2D eigenvalue weighted by molar-refractivity contribution is 0.457. The van der Waals surface area contributed by atoms with Gasteiger partial charge in [-0.3, -0.25) is 0 Å². The van der Waals surface area contributed by atoms with Crippen LogP contribution in [0, 0.1) is 5.92 Å². The van der Waals surface area contributed by atoms with E-state index in [0.29, 0.717) is 4.32 Å². The van der Waals surface area contributed by atoms with Crippen molar-refractivity contribution in [2.75, 3.05) is 0 Å². The van der Waals surface area contributed by atoms with Gasteiger partial charge in [0.2, 0.25) is 0 Å². The van der Waals surface area contributed by atoms with Gasteiger partial charge in [0, 0.05) is 4.32 Å². The maximum Gasteiger partial charge on any atom is 0.0227 e. The van der Waals surface area contributed by atoms with Crippen molar-refractivity contribution in [2.24, 2.45) is 5.92 Å². The summed E-state index contributed by atoms with van der Waals surface area (Å²) >= 11 is 3.60. The van der Waals surface area contributed by atoms with Crippen molar-refractivity contribution in [3.05, 3.63) is 0 Å². The van der Waals surface area contributed by atoms with Crippen molar-refractivity contribution in [3.63, 3.8) is 0 Å². The first-order valence-corrected chi connectivity index (χ1v) is 3.96. The predicted molar refractivity (Wildman–Crippen MR) is 47.5 cm³/mol. The number of hydrogen-bond acceptors (Lipinski definition) is 1. The fraction of sp³-hybridized carbons (Fsp3) is 1.00. The number of rotatable bonds is 2. The summed E-state index contributed by atoms with van der Waals surface area (Å²) in [5, 5.41) is 0. The lowest BCUT2D eigenvalue weighted by Gasteiger charge is -2.23. The first kappa shape index (κ1) is 12.1. The first-order valence-electron chi connectivity index (χ1n) is 3.17. The average molecular weight is 196 g/mol. The van der Waals surface area contributed by atoms with Crippen LogP contribution in [0.1, 0.15) is 34.1 Å². The highest BCUT2D eigenvalue weighted by Crippen LogP contribution is 2.28. The third-order valence-electron chi connectivity index (χ3n) is 1.78. The molecule has 0 aromatic heterocycles. The van der Waals surface area contributed by atoms with Crippen LogP contribution in [0.3, 0.4) is 0 Å². The van der Waals surface area contributed by atoms with Crippen molar-refractivity contribution in [3.8, 4) is 0 Å². The zero-order valence-corrected chi connectivity index (χ0v) is 8.46. The molecule has 0 aromatic carbocycles. The van der Waals surface area contributed by atoms with Gasteiger partial charge in [-0.15, -0.1) is 0 Å². The van der Waals surface area contributed by atoms with E-state index in [4.69, 9.17) is 0 Å². The maximum atomic E-state index is 3.60. The van der Waals surface area contributed by atoms with E-state index >= 15 is 0 Å². The van der Waals surface area contributed by atoms with E-state index in [-0.39, 0.29) is 6.15 Å². The lowest BCUT2D eigenvalue weighted by Crippen LogP contribution is -2.19. The zero-order valence-electron chi connectivity index (χ0n) is 6.87. The van der Waals surface area contributed by atoms with Gasteiger partial charge in [0.05, 0.1) is 0 Å². The van der Waals surface area contributed by atoms with Crippen LogP contribution in [0.2, 0.25) is 0 Å². The van der Waals surface area contributed by atoms with Gasteiger partial charge in [0.15, 0.2) is 0 Å². The molecule has 0 saturated heterocycles. The lowest BCUT2D eigenvalue weighted by atomic mass is 9.96. The molecule has 2 heteroatoms. The average Bonchev–Trinajstić information content (AvgIpc) is 1.62. The van der Waals surface area contributed by atoms with Crippen LogP contribution in [0.15, 0.2) is 0 Å². The molecule has 9 heavy (non-hydrogen) atoms. The molecule has 0 aromatic rings. The van der Waals surface area contributed by atoms with Crippen molar-refractivity contribution in [2.45, 2.75) is 38.4 Å². The zero-order chi connectivity index (χ0) is 6.78. The smallest absolute Gasteiger partial charge is 0.0227 e. The van der Waals surface area contributed by atoms with Crippen LogP contribution in [0.5, 0.6) is 0 Å². The Kier molecular flexibility index (Phi) is 5.79. The molecule has 58 valence electrons. The molecule has 1 atom stereocenters. The second-order valence-electron chi connectivity index (χ2n) is 2.87. The van der Waals surface area contributed by atoms with Gasteiger partial charge in [-0.2, -0.15) is 0 Å². The van der Waals surface area contributed by atoms with Crippen LogP contribution in [0.4, 0.5) is 0 Å². The summed E-state index contributed by atoms with van der Waals surface area (Å²) in [5.74, 6) is 0.766. The Balaban J connectivity index is 0. The van der Waals surface area contributed by atoms with Crippen LogP contribution in [-0.4, -0.2) is 4.32 Å². The highest BCUT2D eigenvalue weighted by molar-refractivity contribution is 9.10. The van der Waals surface area contributed by atoms with E-state index in [1.165, 1.54) is 6.42 Å². The van der Waals surface area contributed by atoms with E-state index in [1.807, 2.05) is 0 Å². The van der Waals surface area contributed by atoms with Gasteiger partial charge in [-0.05, 0) is 19.8 Å². The molecular weight excluding hydrogens is 178 g/mol. The summed E-state index contributed by atoms with van der Waals surface area (Å²) in [4.78, 5) is 0. The molecule has 0 spiro atoms. The van der Waals surface area contributed by atoms with Gasteiger partial charge in [0.1, 0.15) is 0 Å². The molecule has 1 unspecified atom stereocenters. The monoisotopic (exact) mass is 195 g/mol. The summed E-state index contributed by atoms with van der Waals surface area (Å²) in [6, 6.07) is 0. The fourth-order valence-corrected chi connectivity index (χ4v) is 0.809. The highest BCUT2D eigenvalue weighted by atomic mass is 79.9. The van der Waals surface area contributed by atoms with Crippen LogP contribution < -0.4 is 6.15 Å². The Morgan fingerprint density at radius 3 is 1.78 bits per heavy atom. The molecule has 1 nitrogen and oxygen atoms in total. The largest absolute Gasteiger partial charge is 0.344 e. The molecule has 3 N–H and O–H groups in total. The summed E-state index contributed by atoms with van der Waals surface area (Å²) in [6.07, 6.45) is 1.25. The standard InChI is InChI=1S/C7H15Br.H3N/c1-5-6(2)7(3,4)8;/h6H,5H2,1-4H3;1H3. The molecule has 0 rings (SSSR count). The molecule has 0 amide bonds. The summed E-state index contributed by atoms with van der Waals surface area (Å²) in [7, 11) is 0. The van der Waals surface area contributed by atoms with Crippen LogP contribution in [0.25, 0.3) is 0 Å². The second-order valence-corrected chi connectivity index (χ2v) is 4.92. The first-order chi connectivity index (χ1) is 3.48. The van der Waals surface area contributed by atoms with Crippen molar-refractivity contribution in [1.82, 2.24) is 6.15 Å². The Labute approximate surface area is 66.9 Å². The van der Waals surface area contributed by atoms with Crippen LogP contribution >= 0.6 is 15.9 Å². The topological polar surface area (TPSA) is 35.0 Å². The summed E-state index contributed by atoms with van der Waals surface area (Å²) in [6.45, 7) is 8.89. The van der Waals surface area contributed by atoms with Gasteiger partial charge in [0.25, 0.3) is 0 Å². The molecule has 0 aliphatic heterocycles. The van der Waals surface area contributed by atoms with E-state index < -0.39 is 0 Å². The fourth-order valence-electron chi connectivity index (χ4n) is 0.485. The van der Waals surface area contributed by atoms with E-state index in [2.05, 4.69) is 43.6 Å². The van der Waals surface area contributed by atoms with Gasteiger partial charge >= 0.3 is 0 Å². The molecule has 0 fully saturated rings. The molecule has 0 aliphatic rings. The second kappa shape index (κ2) is 4.29. The minimum Gasteiger partial charge on any atom is -0.344 e. The van der Waals surface area contributed by atoms with Gasteiger partial charge < -0.3 is 6.15 Å². The Hall–Kier alpha value is 0.440. The van der Waals surface area contributed by atoms with E-state index in [1.54, 1.807) is 0 Å². The third-order valence-corrected chi connectivity index (χ3v) is 2.57. The van der Waals surface area contributed by atoms with E-state index in [0.717, 1.165) is 5.92 Å². The predicted octanol–water partition coefficient (Wildman–Crippen LogP) is 3.37.